The first-order chi connectivity index (χ1) is 13.3. The molecule has 2 aliphatic heterocycles. The molecule has 0 spiro atoms. The summed E-state index contributed by atoms with van der Waals surface area (Å²) in [4.78, 5) is 18.0. The van der Waals surface area contributed by atoms with E-state index in [9.17, 15) is 4.79 Å². The van der Waals surface area contributed by atoms with Crippen LogP contribution < -0.4 is 9.64 Å². The molecule has 150 valence electrons. The molecule has 0 fully saturated rings. The zero-order valence-electron chi connectivity index (χ0n) is 17.1. The van der Waals surface area contributed by atoms with Gasteiger partial charge in [-0.15, -0.1) is 11.3 Å². The third kappa shape index (κ3) is 3.70. The molecule has 1 amide bonds. The first-order valence-corrected chi connectivity index (χ1v) is 10.8. The molecule has 0 unspecified atom stereocenters. The highest BCUT2D eigenvalue weighted by Gasteiger charge is 2.29. The van der Waals surface area contributed by atoms with E-state index in [-0.39, 0.29) is 6.09 Å². The molecule has 0 aliphatic carbocycles. The molecule has 0 saturated carbocycles. The van der Waals surface area contributed by atoms with Gasteiger partial charge in [-0.25, -0.2) is 4.79 Å². The molecule has 0 atom stereocenters. The molecule has 0 saturated heterocycles. The molecule has 5 nitrogen and oxygen atoms in total. The third-order valence-electron chi connectivity index (χ3n) is 5.23. The van der Waals surface area contributed by atoms with Crippen molar-refractivity contribution in [2.24, 2.45) is 0 Å². The Labute approximate surface area is 170 Å². The Morgan fingerprint density at radius 1 is 1.21 bits per heavy atom. The Kier molecular flexibility index (Phi) is 5.00. The second-order valence-electron chi connectivity index (χ2n) is 8.45. The van der Waals surface area contributed by atoms with Gasteiger partial charge >= 0.3 is 6.09 Å². The zero-order valence-corrected chi connectivity index (χ0v) is 17.9. The molecule has 2 aromatic rings. The number of fused-ring (bicyclic) bond motifs is 2. The molecule has 0 radical (unpaired) electrons. The number of benzene rings is 1. The van der Waals surface area contributed by atoms with Gasteiger partial charge in [0.1, 0.15) is 18.0 Å². The Morgan fingerprint density at radius 3 is 2.71 bits per heavy atom. The summed E-state index contributed by atoms with van der Waals surface area (Å²) in [5, 5.41) is 2.12. The number of hydrogen-bond donors (Lipinski definition) is 0. The number of likely N-dealkylation sites (N-methyl/N-ethyl adjacent to an activating group) is 1. The molecule has 3 heterocycles. The van der Waals surface area contributed by atoms with Crippen molar-refractivity contribution in [2.75, 3.05) is 38.2 Å². The molecule has 0 bridgehead atoms. The Morgan fingerprint density at radius 2 is 2.00 bits per heavy atom. The van der Waals surface area contributed by atoms with Crippen LogP contribution in [0.3, 0.4) is 0 Å². The summed E-state index contributed by atoms with van der Waals surface area (Å²) in [5.41, 5.74) is 4.59. The fraction of sp³-hybridized carbons (Fsp3) is 0.500. The van der Waals surface area contributed by atoms with E-state index in [1.807, 2.05) is 25.7 Å². The van der Waals surface area contributed by atoms with Crippen LogP contribution in [0.2, 0.25) is 0 Å². The number of carbonyl (C=O) groups is 1. The minimum Gasteiger partial charge on any atom is -0.490 e. The van der Waals surface area contributed by atoms with Gasteiger partial charge < -0.3 is 19.3 Å². The summed E-state index contributed by atoms with van der Waals surface area (Å²) in [6.45, 7) is 8.66. The fourth-order valence-corrected chi connectivity index (χ4v) is 4.75. The first kappa shape index (κ1) is 19.1. The number of amides is 1. The first-order valence-electron chi connectivity index (χ1n) is 9.88. The number of thiophene rings is 1. The van der Waals surface area contributed by atoms with Gasteiger partial charge in [0, 0.05) is 30.6 Å². The average Bonchev–Trinajstić information content (AvgIpc) is 3.05. The molecule has 1 aromatic heterocycles. The largest absolute Gasteiger partial charge is 0.490 e. The molecule has 1 aromatic carbocycles. The molecular weight excluding hydrogens is 372 g/mol. The summed E-state index contributed by atoms with van der Waals surface area (Å²) in [6, 6.07) is 6.47. The fourth-order valence-electron chi connectivity index (χ4n) is 3.95. The number of anilines is 1. The van der Waals surface area contributed by atoms with E-state index in [2.05, 4.69) is 35.5 Å². The van der Waals surface area contributed by atoms with Crippen LogP contribution >= 0.6 is 11.3 Å². The molecule has 4 rings (SSSR count). The van der Waals surface area contributed by atoms with Crippen molar-refractivity contribution in [1.29, 1.82) is 0 Å². The van der Waals surface area contributed by atoms with Crippen LogP contribution in [0.5, 0.6) is 5.75 Å². The van der Waals surface area contributed by atoms with E-state index in [1.54, 1.807) is 11.3 Å². The van der Waals surface area contributed by atoms with Gasteiger partial charge in [0.15, 0.2) is 0 Å². The summed E-state index contributed by atoms with van der Waals surface area (Å²) in [7, 11) is 2.13. The minimum absolute atomic E-state index is 0.226. The van der Waals surface area contributed by atoms with Crippen LogP contribution in [0.15, 0.2) is 23.6 Å². The molecular formula is C22H28N2O3S. The van der Waals surface area contributed by atoms with Gasteiger partial charge in [-0.2, -0.15) is 0 Å². The van der Waals surface area contributed by atoms with E-state index in [0.29, 0.717) is 19.7 Å². The lowest BCUT2D eigenvalue weighted by molar-refractivity contribution is 0.0258. The average molecular weight is 401 g/mol. The third-order valence-corrected chi connectivity index (χ3v) is 6.12. The Bertz CT molecular complexity index is 871. The van der Waals surface area contributed by atoms with Crippen molar-refractivity contribution >= 4 is 23.1 Å². The van der Waals surface area contributed by atoms with Crippen molar-refractivity contribution in [3.8, 4) is 16.2 Å². The van der Waals surface area contributed by atoms with Gasteiger partial charge in [0.05, 0.1) is 12.2 Å². The molecule has 2 aliphatic rings. The van der Waals surface area contributed by atoms with Crippen molar-refractivity contribution in [3.63, 3.8) is 0 Å². The van der Waals surface area contributed by atoms with Crippen molar-refractivity contribution in [1.82, 2.24) is 4.90 Å². The molecule has 6 heteroatoms. The van der Waals surface area contributed by atoms with Gasteiger partial charge in [-0.05, 0) is 62.3 Å². The number of carbonyl (C=O) groups excluding carboxylic acids is 1. The second kappa shape index (κ2) is 7.32. The summed E-state index contributed by atoms with van der Waals surface area (Å²) in [6.07, 6.45) is 1.41. The monoisotopic (exact) mass is 400 g/mol. The van der Waals surface area contributed by atoms with E-state index >= 15 is 0 Å². The Balaban J connectivity index is 1.72. The van der Waals surface area contributed by atoms with Gasteiger partial charge in [-0.1, -0.05) is 6.07 Å². The van der Waals surface area contributed by atoms with Crippen LogP contribution in [0, 0.1) is 0 Å². The highest BCUT2D eigenvalue weighted by molar-refractivity contribution is 7.13. The van der Waals surface area contributed by atoms with Crippen LogP contribution in [-0.2, 0) is 17.6 Å². The lowest BCUT2D eigenvalue weighted by atomic mass is 9.93. The zero-order chi connectivity index (χ0) is 19.9. The van der Waals surface area contributed by atoms with Gasteiger partial charge in [-0.3, -0.25) is 0 Å². The predicted molar refractivity (Wildman–Crippen MR) is 114 cm³/mol. The van der Waals surface area contributed by atoms with Crippen LogP contribution in [0.1, 0.15) is 31.9 Å². The standard InChI is InChI=1S/C22H28N2O3S/c1-22(2,3)27-21(25)24-9-7-15-14-17-20(23(4)11-12-26-17)19(16(15)8-10-24)18-6-5-13-28-18/h5-6,13-14H,7-12H2,1-4H3. The SMILES string of the molecule is CN1CCOc2cc3c(c(-c4cccs4)c21)CCN(C(=O)OC(C)(C)C)CC3. The maximum absolute atomic E-state index is 12.6. The number of hydrogen-bond acceptors (Lipinski definition) is 5. The molecule has 0 N–H and O–H groups in total. The van der Waals surface area contributed by atoms with E-state index in [4.69, 9.17) is 9.47 Å². The van der Waals surface area contributed by atoms with Crippen LogP contribution in [-0.4, -0.2) is 49.9 Å². The van der Waals surface area contributed by atoms with Crippen molar-refractivity contribution in [2.45, 2.75) is 39.2 Å². The lowest BCUT2D eigenvalue weighted by Gasteiger charge is -2.32. The minimum atomic E-state index is -0.478. The van der Waals surface area contributed by atoms with Crippen molar-refractivity contribution in [3.05, 3.63) is 34.7 Å². The second-order valence-corrected chi connectivity index (χ2v) is 9.40. The number of nitrogens with zero attached hydrogens (tertiary/aromatic N) is 2. The highest BCUT2D eigenvalue weighted by atomic mass is 32.1. The maximum Gasteiger partial charge on any atom is 0.410 e. The summed E-state index contributed by atoms with van der Waals surface area (Å²) >= 11 is 1.76. The van der Waals surface area contributed by atoms with E-state index < -0.39 is 5.60 Å². The normalized spacial score (nSPS) is 16.7. The highest BCUT2D eigenvalue weighted by Crippen LogP contribution is 2.46. The van der Waals surface area contributed by atoms with E-state index in [1.165, 1.54) is 27.3 Å². The van der Waals surface area contributed by atoms with Gasteiger partial charge in [0.2, 0.25) is 0 Å². The summed E-state index contributed by atoms with van der Waals surface area (Å²) in [5.74, 6) is 0.960. The lowest BCUT2D eigenvalue weighted by Crippen LogP contribution is -2.38. The van der Waals surface area contributed by atoms with Crippen molar-refractivity contribution < 1.29 is 14.3 Å². The van der Waals surface area contributed by atoms with E-state index in [0.717, 1.165) is 25.1 Å². The number of rotatable bonds is 1. The Hall–Kier alpha value is -2.21. The topological polar surface area (TPSA) is 42.0 Å². The quantitative estimate of drug-likeness (QED) is 0.703. The molecule has 28 heavy (non-hydrogen) atoms. The summed E-state index contributed by atoms with van der Waals surface area (Å²) < 4.78 is 11.6. The van der Waals surface area contributed by atoms with Crippen LogP contribution in [0.4, 0.5) is 10.5 Å². The predicted octanol–water partition coefficient (Wildman–Crippen LogP) is 4.58. The smallest absolute Gasteiger partial charge is 0.410 e. The number of ether oxygens (including phenoxy) is 2. The maximum atomic E-state index is 12.6. The van der Waals surface area contributed by atoms with Crippen LogP contribution in [0.25, 0.3) is 10.4 Å². The van der Waals surface area contributed by atoms with Gasteiger partial charge in [0.25, 0.3) is 0 Å².